The molecule has 3 rings (SSSR count). The minimum atomic E-state index is -0.354. The SMILES string of the molecule is N#Cc1c(-c2ccccc2)noc1NC(=O)c1ccccc1. The highest BCUT2D eigenvalue weighted by Crippen LogP contribution is 2.28. The molecule has 1 aromatic heterocycles. The smallest absolute Gasteiger partial charge is 0.258 e. The third-order valence-corrected chi connectivity index (χ3v) is 3.11. The molecule has 1 amide bonds. The van der Waals surface area contributed by atoms with E-state index in [-0.39, 0.29) is 17.4 Å². The monoisotopic (exact) mass is 289 g/mol. The molecule has 22 heavy (non-hydrogen) atoms. The van der Waals surface area contributed by atoms with E-state index in [2.05, 4.69) is 10.5 Å². The highest BCUT2D eigenvalue weighted by molar-refractivity contribution is 6.04. The fourth-order valence-electron chi connectivity index (χ4n) is 2.04. The van der Waals surface area contributed by atoms with Crippen molar-refractivity contribution in [2.75, 3.05) is 5.32 Å². The first-order valence-electron chi connectivity index (χ1n) is 6.61. The van der Waals surface area contributed by atoms with Crippen molar-refractivity contribution in [3.8, 4) is 17.3 Å². The molecular formula is C17H11N3O2. The maximum absolute atomic E-state index is 12.1. The number of amides is 1. The van der Waals surface area contributed by atoms with Crippen LogP contribution in [0.15, 0.2) is 65.2 Å². The topological polar surface area (TPSA) is 78.9 Å². The molecule has 5 heteroatoms. The van der Waals surface area contributed by atoms with Crippen molar-refractivity contribution in [3.05, 3.63) is 71.8 Å². The Bertz CT molecular complexity index is 833. The van der Waals surface area contributed by atoms with Gasteiger partial charge in [-0.2, -0.15) is 5.26 Å². The summed E-state index contributed by atoms with van der Waals surface area (Å²) < 4.78 is 5.13. The fraction of sp³-hybridized carbons (Fsp3) is 0. The van der Waals surface area contributed by atoms with Gasteiger partial charge >= 0.3 is 0 Å². The highest BCUT2D eigenvalue weighted by atomic mass is 16.5. The van der Waals surface area contributed by atoms with Crippen LogP contribution in [0.25, 0.3) is 11.3 Å². The summed E-state index contributed by atoms with van der Waals surface area (Å²) in [5.74, 6) is -0.303. The minimum Gasteiger partial charge on any atom is -0.336 e. The van der Waals surface area contributed by atoms with Crippen molar-refractivity contribution < 1.29 is 9.32 Å². The number of rotatable bonds is 3. The third-order valence-electron chi connectivity index (χ3n) is 3.11. The Morgan fingerprint density at radius 1 is 1.05 bits per heavy atom. The van der Waals surface area contributed by atoms with Gasteiger partial charge in [-0.05, 0) is 12.1 Å². The molecule has 0 unspecified atom stereocenters. The molecule has 0 aliphatic heterocycles. The van der Waals surface area contributed by atoms with Crippen LogP contribution in [0, 0.1) is 11.3 Å². The molecule has 0 bridgehead atoms. The van der Waals surface area contributed by atoms with Gasteiger partial charge < -0.3 is 4.52 Å². The number of nitriles is 1. The number of carbonyl (C=O) groups is 1. The number of aromatic nitrogens is 1. The standard InChI is InChI=1S/C17H11N3O2/c18-11-14-15(12-7-3-1-4-8-12)20-22-17(14)19-16(21)13-9-5-2-6-10-13/h1-10H,(H,19,21). The van der Waals surface area contributed by atoms with Gasteiger partial charge in [-0.25, -0.2) is 0 Å². The average Bonchev–Trinajstić information content (AvgIpc) is 2.99. The Balaban J connectivity index is 1.92. The zero-order valence-electron chi connectivity index (χ0n) is 11.5. The number of nitrogens with one attached hydrogen (secondary N) is 1. The van der Waals surface area contributed by atoms with Gasteiger partial charge in [0.1, 0.15) is 17.3 Å². The van der Waals surface area contributed by atoms with Gasteiger partial charge in [-0.15, -0.1) is 0 Å². The van der Waals surface area contributed by atoms with Crippen LogP contribution in [-0.4, -0.2) is 11.1 Å². The van der Waals surface area contributed by atoms with Crippen molar-refractivity contribution >= 4 is 11.8 Å². The lowest BCUT2D eigenvalue weighted by Crippen LogP contribution is -2.11. The molecule has 1 heterocycles. The third kappa shape index (κ3) is 2.58. The van der Waals surface area contributed by atoms with E-state index < -0.39 is 0 Å². The number of hydrogen-bond donors (Lipinski definition) is 1. The Hall–Kier alpha value is -3.39. The zero-order valence-corrected chi connectivity index (χ0v) is 11.5. The summed E-state index contributed by atoms with van der Waals surface area (Å²) in [5.41, 5.74) is 1.84. The Labute approximate surface area is 126 Å². The predicted octanol–water partition coefficient (Wildman–Crippen LogP) is 3.47. The molecule has 0 atom stereocenters. The van der Waals surface area contributed by atoms with Gasteiger partial charge in [-0.1, -0.05) is 53.7 Å². The van der Waals surface area contributed by atoms with Crippen LogP contribution < -0.4 is 5.32 Å². The van der Waals surface area contributed by atoms with Gasteiger partial charge in [0, 0.05) is 11.1 Å². The zero-order chi connectivity index (χ0) is 15.4. The number of nitrogens with zero attached hydrogens (tertiary/aromatic N) is 2. The maximum atomic E-state index is 12.1. The van der Waals surface area contributed by atoms with E-state index in [1.807, 2.05) is 42.5 Å². The van der Waals surface area contributed by atoms with Gasteiger partial charge in [0.25, 0.3) is 5.91 Å². The normalized spacial score (nSPS) is 9.95. The summed E-state index contributed by atoms with van der Waals surface area (Å²) in [6.45, 7) is 0. The van der Waals surface area contributed by atoms with E-state index in [4.69, 9.17) is 4.52 Å². The largest absolute Gasteiger partial charge is 0.336 e. The van der Waals surface area contributed by atoms with Crippen LogP contribution in [0.1, 0.15) is 15.9 Å². The van der Waals surface area contributed by atoms with Crippen LogP contribution in [0.2, 0.25) is 0 Å². The lowest BCUT2D eigenvalue weighted by molar-refractivity contribution is 0.102. The molecule has 0 radical (unpaired) electrons. The number of hydrogen-bond acceptors (Lipinski definition) is 4. The molecule has 0 saturated heterocycles. The predicted molar refractivity (Wildman–Crippen MR) is 81.0 cm³/mol. The molecule has 0 aliphatic rings. The Morgan fingerprint density at radius 3 is 2.32 bits per heavy atom. The molecule has 0 aliphatic carbocycles. The van der Waals surface area contributed by atoms with Gasteiger partial charge in [0.15, 0.2) is 0 Å². The second kappa shape index (κ2) is 5.94. The molecule has 3 aromatic rings. The highest BCUT2D eigenvalue weighted by Gasteiger charge is 2.19. The van der Waals surface area contributed by atoms with Gasteiger partial charge in [0.05, 0.1) is 0 Å². The van der Waals surface area contributed by atoms with Crippen LogP contribution in [0.5, 0.6) is 0 Å². The summed E-state index contributed by atoms with van der Waals surface area (Å²) in [4.78, 5) is 12.1. The summed E-state index contributed by atoms with van der Waals surface area (Å²) in [6, 6.07) is 19.9. The van der Waals surface area contributed by atoms with Crippen molar-refractivity contribution in [2.24, 2.45) is 0 Å². The fourth-order valence-corrected chi connectivity index (χ4v) is 2.04. The second-order valence-electron chi connectivity index (χ2n) is 4.53. The van der Waals surface area contributed by atoms with Crippen LogP contribution in [0.4, 0.5) is 5.88 Å². The van der Waals surface area contributed by atoms with E-state index in [1.54, 1.807) is 24.3 Å². The molecule has 0 spiro atoms. The minimum absolute atomic E-state index is 0.0511. The summed E-state index contributed by atoms with van der Waals surface area (Å²) in [5, 5.41) is 15.8. The molecular weight excluding hydrogens is 278 g/mol. The first-order valence-corrected chi connectivity index (χ1v) is 6.61. The number of anilines is 1. The molecule has 0 fully saturated rings. The lowest BCUT2D eigenvalue weighted by atomic mass is 10.1. The van der Waals surface area contributed by atoms with Gasteiger partial charge in [-0.3, -0.25) is 10.1 Å². The van der Waals surface area contributed by atoms with E-state index in [0.29, 0.717) is 11.3 Å². The summed E-state index contributed by atoms with van der Waals surface area (Å²) in [7, 11) is 0. The first-order chi connectivity index (χ1) is 10.8. The van der Waals surface area contributed by atoms with Crippen molar-refractivity contribution in [2.45, 2.75) is 0 Å². The van der Waals surface area contributed by atoms with Crippen LogP contribution in [0.3, 0.4) is 0 Å². The lowest BCUT2D eigenvalue weighted by Gasteiger charge is -2.01. The van der Waals surface area contributed by atoms with Crippen LogP contribution in [-0.2, 0) is 0 Å². The molecule has 0 saturated carbocycles. The first kappa shape index (κ1) is 13.6. The molecule has 106 valence electrons. The number of benzene rings is 2. The van der Waals surface area contributed by atoms with Crippen molar-refractivity contribution in [3.63, 3.8) is 0 Å². The molecule has 5 nitrogen and oxygen atoms in total. The average molecular weight is 289 g/mol. The van der Waals surface area contributed by atoms with E-state index in [9.17, 15) is 10.1 Å². The number of carbonyl (C=O) groups excluding carboxylic acids is 1. The maximum Gasteiger partial charge on any atom is 0.258 e. The molecule has 2 aromatic carbocycles. The quantitative estimate of drug-likeness (QED) is 0.800. The van der Waals surface area contributed by atoms with Crippen molar-refractivity contribution in [1.82, 2.24) is 5.16 Å². The summed E-state index contributed by atoms with van der Waals surface area (Å²) in [6.07, 6.45) is 0. The van der Waals surface area contributed by atoms with Crippen LogP contribution >= 0.6 is 0 Å². The second-order valence-corrected chi connectivity index (χ2v) is 4.53. The molecule has 1 N–H and O–H groups in total. The Morgan fingerprint density at radius 2 is 1.68 bits per heavy atom. The van der Waals surface area contributed by atoms with E-state index in [1.165, 1.54) is 0 Å². The Kier molecular flexibility index (Phi) is 3.67. The van der Waals surface area contributed by atoms with Crippen molar-refractivity contribution in [1.29, 1.82) is 5.26 Å². The summed E-state index contributed by atoms with van der Waals surface area (Å²) >= 11 is 0. The van der Waals surface area contributed by atoms with E-state index in [0.717, 1.165) is 5.56 Å². The van der Waals surface area contributed by atoms with E-state index >= 15 is 0 Å². The van der Waals surface area contributed by atoms with Gasteiger partial charge in [0.2, 0.25) is 5.88 Å².